The summed E-state index contributed by atoms with van der Waals surface area (Å²) in [5.74, 6) is 0. The molecule has 64 valence electrons. The molecule has 0 bridgehead atoms. The quantitative estimate of drug-likeness (QED) is 0.564. The molecular formula is C11H7BrS. The Morgan fingerprint density at radius 3 is 3.08 bits per heavy atom. The van der Waals surface area contributed by atoms with Crippen LogP contribution in [0.25, 0.3) is 10.4 Å². The van der Waals surface area contributed by atoms with Crippen molar-refractivity contribution in [2.75, 3.05) is 0 Å². The van der Waals surface area contributed by atoms with Gasteiger partial charge in [-0.25, -0.2) is 0 Å². The lowest BCUT2D eigenvalue weighted by Gasteiger charge is -2.00. The SMILES string of the molecule is Brc1cccc2c1Cc1ccsc1-2. The summed E-state index contributed by atoms with van der Waals surface area (Å²) in [5.41, 5.74) is 4.34. The minimum atomic E-state index is 1.09. The van der Waals surface area contributed by atoms with Crippen molar-refractivity contribution in [3.05, 3.63) is 45.2 Å². The van der Waals surface area contributed by atoms with Gasteiger partial charge in [0, 0.05) is 15.8 Å². The zero-order valence-electron chi connectivity index (χ0n) is 6.88. The van der Waals surface area contributed by atoms with Crippen molar-refractivity contribution in [2.45, 2.75) is 6.42 Å². The minimum absolute atomic E-state index is 1.09. The maximum absolute atomic E-state index is 3.60. The van der Waals surface area contributed by atoms with Crippen molar-refractivity contribution in [1.29, 1.82) is 0 Å². The van der Waals surface area contributed by atoms with Gasteiger partial charge in [0.05, 0.1) is 0 Å². The fraction of sp³-hybridized carbons (Fsp3) is 0.0909. The van der Waals surface area contributed by atoms with Crippen LogP contribution in [0, 0.1) is 0 Å². The summed E-state index contributed by atoms with van der Waals surface area (Å²) in [6, 6.07) is 8.67. The summed E-state index contributed by atoms with van der Waals surface area (Å²) in [6.45, 7) is 0. The molecule has 0 fully saturated rings. The lowest BCUT2D eigenvalue weighted by Crippen LogP contribution is -1.81. The molecule has 0 spiro atoms. The number of hydrogen-bond acceptors (Lipinski definition) is 1. The van der Waals surface area contributed by atoms with Crippen LogP contribution in [-0.2, 0) is 6.42 Å². The van der Waals surface area contributed by atoms with Gasteiger partial charge in [-0.15, -0.1) is 11.3 Å². The van der Waals surface area contributed by atoms with E-state index in [0.717, 1.165) is 6.42 Å². The first-order valence-electron chi connectivity index (χ1n) is 4.20. The third-order valence-corrected chi connectivity index (χ3v) is 4.21. The summed E-state index contributed by atoms with van der Waals surface area (Å²) in [4.78, 5) is 1.45. The van der Waals surface area contributed by atoms with E-state index in [1.54, 1.807) is 0 Å². The Morgan fingerprint density at radius 1 is 1.23 bits per heavy atom. The van der Waals surface area contributed by atoms with Crippen LogP contribution in [0.5, 0.6) is 0 Å². The van der Waals surface area contributed by atoms with E-state index in [9.17, 15) is 0 Å². The number of rotatable bonds is 0. The second kappa shape index (κ2) is 2.69. The van der Waals surface area contributed by atoms with Crippen molar-refractivity contribution < 1.29 is 0 Å². The molecule has 2 aromatic rings. The first kappa shape index (κ1) is 7.77. The third-order valence-electron chi connectivity index (χ3n) is 2.48. The summed E-state index contributed by atoms with van der Waals surface area (Å²) in [7, 11) is 0. The molecule has 0 radical (unpaired) electrons. The molecule has 3 rings (SSSR count). The molecule has 0 nitrogen and oxygen atoms in total. The molecule has 0 saturated carbocycles. The van der Waals surface area contributed by atoms with Gasteiger partial charge in [0.2, 0.25) is 0 Å². The van der Waals surface area contributed by atoms with E-state index >= 15 is 0 Å². The van der Waals surface area contributed by atoms with E-state index in [4.69, 9.17) is 0 Å². The highest BCUT2D eigenvalue weighted by Gasteiger charge is 2.20. The molecule has 2 heteroatoms. The van der Waals surface area contributed by atoms with E-state index in [-0.39, 0.29) is 0 Å². The molecule has 0 N–H and O–H groups in total. The summed E-state index contributed by atoms with van der Waals surface area (Å²) in [5, 5.41) is 2.18. The molecule has 0 unspecified atom stereocenters. The molecular weight excluding hydrogens is 244 g/mol. The molecule has 1 aliphatic rings. The number of hydrogen-bond donors (Lipinski definition) is 0. The van der Waals surface area contributed by atoms with E-state index in [1.165, 1.54) is 26.0 Å². The fourth-order valence-electron chi connectivity index (χ4n) is 1.85. The van der Waals surface area contributed by atoms with Crippen LogP contribution in [0.1, 0.15) is 11.1 Å². The highest BCUT2D eigenvalue weighted by Crippen LogP contribution is 2.42. The van der Waals surface area contributed by atoms with Crippen molar-refractivity contribution in [3.8, 4) is 10.4 Å². The molecule has 0 saturated heterocycles. The zero-order valence-corrected chi connectivity index (χ0v) is 9.28. The van der Waals surface area contributed by atoms with Gasteiger partial charge in [-0.1, -0.05) is 28.1 Å². The second-order valence-corrected chi connectivity index (χ2v) is 4.99. The second-order valence-electron chi connectivity index (χ2n) is 3.22. The number of fused-ring (bicyclic) bond motifs is 3. The average Bonchev–Trinajstić information content (AvgIpc) is 2.65. The van der Waals surface area contributed by atoms with Crippen LogP contribution in [0.3, 0.4) is 0 Å². The Kier molecular flexibility index (Phi) is 1.61. The first-order valence-corrected chi connectivity index (χ1v) is 5.87. The number of thiophene rings is 1. The van der Waals surface area contributed by atoms with Gasteiger partial charge in [-0.3, -0.25) is 0 Å². The van der Waals surface area contributed by atoms with Crippen molar-refractivity contribution in [2.24, 2.45) is 0 Å². The van der Waals surface area contributed by atoms with Crippen molar-refractivity contribution in [1.82, 2.24) is 0 Å². The van der Waals surface area contributed by atoms with Gasteiger partial charge in [-0.2, -0.15) is 0 Å². The predicted octanol–water partition coefficient (Wildman–Crippen LogP) is 4.08. The number of halogens is 1. The number of benzene rings is 1. The lowest BCUT2D eigenvalue weighted by molar-refractivity contribution is 1.25. The van der Waals surface area contributed by atoms with Gasteiger partial charge in [-0.05, 0) is 34.2 Å². The van der Waals surface area contributed by atoms with Crippen LogP contribution in [-0.4, -0.2) is 0 Å². The topological polar surface area (TPSA) is 0 Å². The zero-order chi connectivity index (χ0) is 8.84. The monoisotopic (exact) mass is 250 g/mol. The first-order chi connectivity index (χ1) is 6.36. The van der Waals surface area contributed by atoms with Gasteiger partial charge in [0.25, 0.3) is 0 Å². The standard InChI is InChI=1S/C11H7BrS/c12-10-3-1-2-8-9(10)6-7-4-5-13-11(7)8/h1-5H,6H2. The Hall–Kier alpha value is -0.600. The Morgan fingerprint density at radius 2 is 2.15 bits per heavy atom. The van der Waals surface area contributed by atoms with Crippen LogP contribution in [0.2, 0.25) is 0 Å². The van der Waals surface area contributed by atoms with Crippen LogP contribution < -0.4 is 0 Å². The van der Waals surface area contributed by atoms with Gasteiger partial charge in [0.1, 0.15) is 0 Å². The average molecular weight is 251 g/mol. The summed E-state index contributed by atoms with van der Waals surface area (Å²) < 4.78 is 1.24. The highest BCUT2D eigenvalue weighted by atomic mass is 79.9. The Labute approximate surface area is 89.4 Å². The molecule has 13 heavy (non-hydrogen) atoms. The smallest absolute Gasteiger partial charge is 0.0381 e. The molecule has 0 amide bonds. The van der Waals surface area contributed by atoms with Gasteiger partial charge < -0.3 is 0 Å². The fourth-order valence-corrected chi connectivity index (χ4v) is 3.34. The van der Waals surface area contributed by atoms with Crippen LogP contribution in [0.15, 0.2) is 34.1 Å². The van der Waals surface area contributed by atoms with E-state index in [1.807, 2.05) is 11.3 Å². The molecule has 0 atom stereocenters. The van der Waals surface area contributed by atoms with E-state index in [2.05, 4.69) is 45.6 Å². The predicted molar refractivity (Wildman–Crippen MR) is 60.3 cm³/mol. The molecule has 1 aromatic heterocycles. The van der Waals surface area contributed by atoms with Gasteiger partial charge in [0.15, 0.2) is 0 Å². The maximum atomic E-state index is 3.60. The Bertz CT molecular complexity index is 471. The molecule has 1 aromatic carbocycles. The van der Waals surface area contributed by atoms with Crippen LogP contribution in [0.4, 0.5) is 0 Å². The van der Waals surface area contributed by atoms with Gasteiger partial charge >= 0.3 is 0 Å². The summed E-state index contributed by atoms with van der Waals surface area (Å²) in [6.07, 6.45) is 1.09. The largest absolute Gasteiger partial charge is 0.144 e. The highest BCUT2D eigenvalue weighted by molar-refractivity contribution is 9.10. The van der Waals surface area contributed by atoms with Crippen molar-refractivity contribution in [3.63, 3.8) is 0 Å². The van der Waals surface area contributed by atoms with E-state index in [0.29, 0.717) is 0 Å². The summed E-state index contributed by atoms with van der Waals surface area (Å²) >= 11 is 5.44. The maximum Gasteiger partial charge on any atom is 0.0381 e. The van der Waals surface area contributed by atoms with E-state index < -0.39 is 0 Å². The molecule has 1 aliphatic carbocycles. The van der Waals surface area contributed by atoms with Crippen molar-refractivity contribution >= 4 is 27.3 Å². The van der Waals surface area contributed by atoms with Crippen LogP contribution >= 0.6 is 27.3 Å². The third kappa shape index (κ3) is 1.02. The minimum Gasteiger partial charge on any atom is -0.144 e. The Balaban J connectivity index is 2.34. The molecule has 1 heterocycles. The lowest BCUT2D eigenvalue weighted by atomic mass is 10.1. The molecule has 0 aliphatic heterocycles. The normalized spacial score (nSPS) is 12.7.